The zero-order valence-corrected chi connectivity index (χ0v) is 72.2. The first kappa shape index (κ1) is 105. The lowest BCUT2D eigenvalue weighted by Gasteiger charge is -2.21. The molecule has 6 atom stereocenters. The predicted octanol–water partition coefficient (Wildman–Crippen LogP) is 27.0. The highest BCUT2D eigenvalue weighted by molar-refractivity contribution is 7.47. The van der Waals surface area contributed by atoms with E-state index in [9.17, 15) is 43.2 Å². The molecule has 3 unspecified atom stereocenters. The maximum atomic E-state index is 13.2. The van der Waals surface area contributed by atoms with Crippen molar-refractivity contribution in [2.24, 2.45) is 11.8 Å². The molecule has 19 heteroatoms. The highest BCUT2D eigenvalue weighted by Crippen LogP contribution is 2.45. The maximum absolute atomic E-state index is 13.2. The minimum atomic E-state index is -4.97. The Labute approximate surface area is 658 Å². The van der Waals surface area contributed by atoms with Crippen molar-refractivity contribution in [2.45, 2.75) is 490 Å². The molecule has 0 aromatic carbocycles. The van der Waals surface area contributed by atoms with Crippen LogP contribution in [0.15, 0.2) is 0 Å². The SMILES string of the molecule is CCCCCCCCCCCCCCCCCCCCCC(=O)OC[C@H](COP(=O)(O)OC[C@@H](O)COP(=O)(O)OC[C@@H](COC(=O)CCCCCCCCCCC(C)CC)OC(=O)CCCCCCCCCCCCCCCCCCC)OC(=O)CCCCCCCCCCCCCCCCCCC(C)C. The van der Waals surface area contributed by atoms with Crippen LogP contribution in [-0.4, -0.2) is 96.7 Å². The Balaban J connectivity index is 5.26. The number of hydrogen-bond donors (Lipinski definition) is 3. The molecule has 0 aliphatic heterocycles. The summed E-state index contributed by atoms with van der Waals surface area (Å²) in [6.07, 6.45) is 72.1. The van der Waals surface area contributed by atoms with E-state index in [1.54, 1.807) is 0 Å². The summed E-state index contributed by atoms with van der Waals surface area (Å²) in [5.41, 5.74) is 0. The first-order valence-electron chi connectivity index (χ1n) is 45.5. The second-order valence-corrected chi connectivity index (χ2v) is 35.3. The molecule has 0 amide bonds. The molecule has 0 saturated carbocycles. The first-order chi connectivity index (χ1) is 51.9. The van der Waals surface area contributed by atoms with Gasteiger partial charge in [-0.15, -0.1) is 0 Å². The van der Waals surface area contributed by atoms with Crippen LogP contribution in [0.1, 0.15) is 472 Å². The monoisotopic (exact) mass is 1560 g/mol. The lowest BCUT2D eigenvalue weighted by molar-refractivity contribution is -0.161. The number of rotatable bonds is 87. The predicted molar refractivity (Wildman–Crippen MR) is 442 cm³/mol. The number of carbonyl (C=O) groups excluding carboxylic acids is 4. The molecule has 0 saturated heterocycles. The Morgan fingerprint density at radius 2 is 0.477 bits per heavy atom. The van der Waals surface area contributed by atoms with Crippen molar-refractivity contribution in [3.8, 4) is 0 Å². The molecule has 0 radical (unpaired) electrons. The molecule has 0 aromatic rings. The van der Waals surface area contributed by atoms with E-state index >= 15 is 0 Å². The van der Waals surface area contributed by atoms with E-state index in [4.69, 9.17) is 37.0 Å². The lowest BCUT2D eigenvalue weighted by atomic mass is 9.99. The Morgan fingerprint density at radius 3 is 0.710 bits per heavy atom. The van der Waals surface area contributed by atoms with Crippen LogP contribution in [-0.2, 0) is 65.4 Å². The zero-order valence-electron chi connectivity index (χ0n) is 70.5. The molecule has 0 bridgehead atoms. The maximum Gasteiger partial charge on any atom is 0.472 e. The van der Waals surface area contributed by atoms with Gasteiger partial charge in [0.05, 0.1) is 26.4 Å². The lowest BCUT2D eigenvalue weighted by Crippen LogP contribution is -2.30. The number of hydrogen-bond acceptors (Lipinski definition) is 15. The summed E-state index contributed by atoms with van der Waals surface area (Å²) >= 11 is 0. The standard InChI is InChI=1S/C88H172O17P2/c1-7-10-12-14-16-18-20-22-24-26-27-29-33-37-41-45-52-58-64-70-85(90)98-76-83(104-87(92)72-67-61-55-47-43-39-35-31-30-32-36-40-44-50-56-62-68-80(4)5)78-102-106(94,95)100-74-82(89)75-101-107(96,97)103-79-84(77-99-86(91)71-65-59-53-49-48-51-57-63-69-81(6)9-3)105-88(93)73-66-60-54-46-42-38-34-28-25-23-21-19-17-15-13-11-8-2/h80-84,89H,7-79H2,1-6H3,(H,94,95)(H,96,97)/t81?,82-,83-,84-/m1/s1. The van der Waals surface area contributed by atoms with E-state index in [-0.39, 0.29) is 25.7 Å². The van der Waals surface area contributed by atoms with Gasteiger partial charge < -0.3 is 33.8 Å². The van der Waals surface area contributed by atoms with Gasteiger partial charge >= 0.3 is 39.5 Å². The van der Waals surface area contributed by atoms with Crippen molar-refractivity contribution in [2.75, 3.05) is 39.6 Å². The van der Waals surface area contributed by atoms with Gasteiger partial charge in [0.2, 0.25) is 0 Å². The average molecular weight is 1560 g/mol. The minimum Gasteiger partial charge on any atom is -0.462 e. The molecule has 0 fully saturated rings. The van der Waals surface area contributed by atoms with Gasteiger partial charge in [-0.25, -0.2) is 9.13 Å². The van der Waals surface area contributed by atoms with Gasteiger partial charge in [-0.3, -0.25) is 37.3 Å². The highest BCUT2D eigenvalue weighted by atomic mass is 31.2. The second-order valence-electron chi connectivity index (χ2n) is 32.4. The van der Waals surface area contributed by atoms with E-state index in [2.05, 4.69) is 41.5 Å². The van der Waals surface area contributed by atoms with Crippen LogP contribution in [0.25, 0.3) is 0 Å². The van der Waals surface area contributed by atoms with Crippen LogP contribution in [0.2, 0.25) is 0 Å². The summed E-state index contributed by atoms with van der Waals surface area (Å²) < 4.78 is 69.0. The number of esters is 4. The van der Waals surface area contributed by atoms with Gasteiger partial charge in [0.25, 0.3) is 0 Å². The van der Waals surface area contributed by atoms with Crippen molar-refractivity contribution in [3.05, 3.63) is 0 Å². The van der Waals surface area contributed by atoms with Crippen molar-refractivity contribution in [1.29, 1.82) is 0 Å². The van der Waals surface area contributed by atoms with Crippen molar-refractivity contribution in [1.82, 2.24) is 0 Å². The number of aliphatic hydroxyl groups excluding tert-OH is 1. The van der Waals surface area contributed by atoms with E-state index < -0.39 is 97.5 Å². The van der Waals surface area contributed by atoms with Gasteiger partial charge in [-0.2, -0.15) is 0 Å². The largest absolute Gasteiger partial charge is 0.472 e. The number of phosphoric acid groups is 2. The molecule has 0 rings (SSSR count). The van der Waals surface area contributed by atoms with Gasteiger partial charge in [0, 0.05) is 25.7 Å². The van der Waals surface area contributed by atoms with Gasteiger partial charge in [0.15, 0.2) is 12.2 Å². The molecule has 0 aromatic heterocycles. The number of phosphoric ester groups is 2. The van der Waals surface area contributed by atoms with Gasteiger partial charge in [-0.05, 0) is 37.5 Å². The van der Waals surface area contributed by atoms with Crippen molar-refractivity contribution < 1.29 is 80.2 Å². The summed E-state index contributed by atoms with van der Waals surface area (Å²) in [4.78, 5) is 73.3. The number of aliphatic hydroxyl groups is 1. The summed E-state index contributed by atoms with van der Waals surface area (Å²) in [5, 5.41) is 10.7. The molecular weight excluding hydrogens is 1390 g/mol. The molecule has 636 valence electrons. The molecule has 0 aliphatic carbocycles. The van der Waals surface area contributed by atoms with E-state index in [1.165, 1.54) is 289 Å². The van der Waals surface area contributed by atoms with Crippen LogP contribution < -0.4 is 0 Å². The molecule has 3 N–H and O–H groups in total. The fourth-order valence-electron chi connectivity index (χ4n) is 13.7. The van der Waals surface area contributed by atoms with E-state index in [0.29, 0.717) is 25.7 Å². The third kappa shape index (κ3) is 80.5. The number of unbranched alkanes of at least 4 members (excludes halogenated alkanes) is 56. The second kappa shape index (κ2) is 79.3. The summed E-state index contributed by atoms with van der Waals surface area (Å²) in [6, 6.07) is 0. The van der Waals surface area contributed by atoms with Crippen molar-refractivity contribution >= 4 is 39.5 Å². The summed E-state index contributed by atoms with van der Waals surface area (Å²) in [6.45, 7) is 9.72. The fraction of sp³-hybridized carbons (Fsp3) is 0.955. The van der Waals surface area contributed by atoms with Crippen LogP contribution in [0, 0.1) is 11.8 Å². The molecule has 0 aliphatic rings. The topological polar surface area (TPSA) is 237 Å². The summed E-state index contributed by atoms with van der Waals surface area (Å²) in [5.74, 6) is -0.512. The Bertz CT molecular complexity index is 2050. The quantitative estimate of drug-likeness (QED) is 0.0222. The van der Waals surface area contributed by atoms with Crippen LogP contribution in [0.5, 0.6) is 0 Å². The molecular formula is C88H172O17P2. The Hall–Kier alpha value is -1.94. The van der Waals surface area contributed by atoms with Gasteiger partial charge in [0.1, 0.15) is 19.3 Å². The minimum absolute atomic E-state index is 0.108. The van der Waals surface area contributed by atoms with E-state index in [0.717, 1.165) is 102 Å². The number of carbonyl (C=O) groups is 4. The molecule has 17 nitrogen and oxygen atoms in total. The van der Waals surface area contributed by atoms with Crippen LogP contribution in [0.3, 0.4) is 0 Å². The molecule has 0 spiro atoms. The van der Waals surface area contributed by atoms with Crippen molar-refractivity contribution in [3.63, 3.8) is 0 Å². The van der Waals surface area contributed by atoms with Crippen LogP contribution in [0.4, 0.5) is 0 Å². The molecule has 0 heterocycles. The van der Waals surface area contributed by atoms with Crippen LogP contribution >= 0.6 is 15.6 Å². The fourth-order valence-corrected chi connectivity index (χ4v) is 15.3. The normalized spacial score (nSPS) is 14.0. The molecule has 107 heavy (non-hydrogen) atoms. The Kier molecular flexibility index (Phi) is 77.9. The smallest absolute Gasteiger partial charge is 0.462 e. The first-order valence-corrected chi connectivity index (χ1v) is 48.5. The van der Waals surface area contributed by atoms with E-state index in [1.807, 2.05) is 0 Å². The average Bonchev–Trinajstić information content (AvgIpc) is 0.908. The Morgan fingerprint density at radius 1 is 0.271 bits per heavy atom. The van der Waals surface area contributed by atoms with Gasteiger partial charge in [-0.1, -0.05) is 420 Å². The summed E-state index contributed by atoms with van der Waals surface area (Å²) in [7, 11) is -9.93. The number of ether oxygens (including phenoxy) is 4. The third-order valence-corrected chi connectivity index (χ3v) is 23.0. The highest BCUT2D eigenvalue weighted by Gasteiger charge is 2.31. The third-order valence-electron chi connectivity index (χ3n) is 21.1. The zero-order chi connectivity index (χ0) is 78.5.